The molecule has 0 aliphatic rings. The molecule has 0 saturated heterocycles. The van der Waals surface area contributed by atoms with Crippen molar-refractivity contribution >= 4 is 15.9 Å². The van der Waals surface area contributed by atoms with Gasteiger partial charge >= 0.3 is 0 Å². The van der Waals surface area contributed by atoms with Gasteiger partial charge in [-0.3, -0.25) is 4.98 Å². The van der Waals surface area contributed by atoms with Gasteiger partial charge in [0.1, 0.15) is 0 Å². The van der Waals surface area contributed by atoms with Crippen LogP contribution in [-0.4, -0.2) is 4.98 Å². The van der Waals surface area contributed by atoms with Gasteiger partial charge in [-0.2, -0.15) is 0 Å². The molecule has 0 radical (unpaired) electrons. The molecule has 13 heavy (non-hydrogen) atoms. The quantitative estimate of drug-likeness (QED) is 0.826. The van der Waals surface area contributed by atoms with E-state index in [9.17, 15) is 0 Å². The number of pyridine rings is 1. The molecule has 0 aliphatic carbocycles. The second-order valence-corrected chi connectivity index (χ2v) is 3.86. The molecule has 1 atom stereocenters. The van der Waals surface area contributed by atoms with Crippen LogP contribution in [-0.2, 0) is 0 Å². The topological polar surface area (TPSA) is 38.9 Å². The van der Waals surface area contributed by atoms with E-state index in [-0.39, 0.29) is 6.04 Å². The maximum Gasteiger partial charge on any atom is 0.0716 e. The van der Waals surface area contributed by atoms with E-state index in [4.69, 9.17) is 5.73 Å². The first kappa shape index (κ1) is 10.4. The zero-order valence-electron chi connectivity index (χ0n) is 7.63. The van der Waals surface area contributed by atoms with Crippen LogP contribution in [0.2, 0.25) is 0 Å². The van der Waals surface area contributed by atoms with Gasteiger partial charge in [-0.1, -0.05) is 6.08 Å². The average molecular weight is 241 g/mol. The molecule has 0 fully saturated rings. The Balaban J connectivity index is 2.94. The van der Waals surface area contributed by atoms with Crippen LogP contribution in [0.3, 0.4) is 0 Å². The van der Waals surface area contributed by atoms with Crippen molar-refractivity contribution in [2.45, 2.75) is 19.4 Å². The van der Waals surface area contributed by atoms with Crippen molar-refractivity contribution in [2.75, 3.05) is 0 Å². The smallest absolute Gasteiger partial charge is 0.0716 e. The van der Waals surface area contributed by atoms with Gasteiger partial charge < -0.3 is 5.73 Å². The second kappa shape index (κ2) is 4.53. The number of aromatic nitrogens is 1. The third-order valence-corrected chi connectivity index (χ3v) is 2.41. The summed E-state index contributed by atoms with van der Waals surface area (Å²) >= 11 is 3.44. The second-order valence-electron chi connectivity index (χ2n) is 3.01. The number of nitrogens with zero attached hydrogens (tertiary/aromatic N) is 1. The molecule has 1 rings (SSSR count). The Kier molecular flexibility index (Phi) is 3.63. The number of nitrogens with two attached hydrogens (primary N) is 1. The zero-order chi connectivity index (χ0) is 9.84. The Morgan fingerprint density at radius 2 is 2.46 bits per heavy atom. The van der Waals surface area contributed by atoms with Crippen molar-refractivity contribution < 1.29 is 0 Å². The van der Waals surface area contributed by atoms with E-state index < -0.39 is 0 Å². The molecule has 70 valence electrons. The summed E-state index contributed by atoms with van der Waals surface area (Å²) in [4.78, 5) is 4.28. The van der Waals surface area contributed by atoms with E-state index in [2.05, 4.69) is 27.5 Å². The zero-order valence-corrected chi connectivity index (χ0v) is 9.21. The fourth-order valence-corrected chi connectivity index (χ4v) is 1.87. The predicted molar refractivity (Wildman–Crippen MR) is 58.4 cm³/mol. The SMILES string of the molecule is C=CC[C@H](N)c1ncc(C)cc1Br. The Morgan fingerprint density at radius 3 is 3.00 bits per heavy atom. The number of hydrogen-bond donors (Lipinski definition) is 1. The minimum Gasteiger partial charge on any atom is -0.322 e. The summed E-state index contributed by atoms with van der Waals surface area (Å²) in [5, 5.41) is 0. The normalized spacial score (nSPS) is 12.5. The first-order valence-corrected chi connectivity index (χ1v) is 4.93. The van der Waals surface area contributed by atoms with Gasteiger partial charge in [0, 0.05) is 10.7 Å². The van der Waals surface area contributed by atoms with Gasteiger partial charge in [0.2, 0.25) is 0 Å². The Morgan fingerprint density at radius 1 is 1.77 bits per heavy atom. The van der Waals surface area contributed by atoms with Crippen LogP contribution in [0.15, 0.2) is 29.4 Å². The average Bonchev–Trinajstić information content (AvgIpc) is 2.04. The molecule has 2 N–H and O–H groups in total. The monoisotopic (exact) mass is 240 g/mol. The fraction of sp³-hybridized carbons (Fsp3) is 0.300. The first-order valence-electron chi connectivity index (χ1n) is 4.13. The van der Waals surface area contributed by atoms with E-state index in [1.807, 2.05) is 19.2 Å². The maximum atomic E-state index is 5.89. The molecule has 0 amide bonds. The molecule has 1 aromatic heterocycles. The van der Waals surface area contributed by atoms with Crippen molar-refractivity contribution in [1.82, 2.24) is 4.98 Å². The summed E-state index contributed by atoms with van der Waals surface area (Å²) in [5.41, 5.74) is 7.91. The summed E-state index contributed by atoms with van der Waals surface area (Å²) in [6, 6.07) is 1.96. The molecular weight excluding hydrogens is 228 g/mol. The van der Waals surface area contributed by atoms with Crippen LogP contribution in [0.1, 0.15) is 23.7 Å². The molecule has 0 saturated carbocycles. The van der Waals surface area contributed by atoms with Crippen LogP contribution < -0.4 is 5.73 Å². The van der Waals surface area contributed by atoms with Crippen molar-refractivity contribution in [1.29, 1.82) is 0 Å². The molecule has 1 aromatic rings. The summed E-state index contributed by atoms with van der Waals surface area (Å²) in [6.07, 6.45) is 4.37. The molecule has 3 heteroatoms. The van der Waals surface area contributed by atoms with E-state index in [1.54, 1.807) is 6.08 Å². The largest absolute Gasteiger partial charge is 0.322 e. The van der Waals surface area contributed by atoms with Gasteiger partial charge in [-0.05, 0) is 40.9 Å². The van der Waals surface area contributed by atoms with Crippen LogP contribution in [0.25, 0.3) is 0 Å². The van der Waals surface area contributed by atoms with Crippen LogP contribution >= 0.6 is 15.9 Å². The van der Waals surface area contributed by atoms with Crippen LogP contribution in [0.4, 0.5) is 0 Å². The highest BCUT2D eigenvalue weighted by atomic mass is 79.9. The predicted octanol–water partition coefficient (Wildman–Crippen LogP) is 2.73. The minimum absolute atomic E-state index is 0.0625. The molecule has 0 unspecified atom stereocenters. The molecular formula is C10H13BrN2. The Labute approximate surface area is 87.0 Å². The van der Waals surface area contributed by atoms with E-state index in [0.29, 0.717) is 0 Å². The summed E-state index contributed by atoms with van der Waals surface area (Å²) in [5.74, 6) is 0. The maximum absolute atomic E-state index is 5.89. The van der Waals surface area contributed by atoms with Gasteiger partial charge in [-0.15, -0.1) is 6.58 Å². The van der Waals surface area contributed by atoms with Crippen LogP contribution in [0.5, 0.6) is 0 Å². The van der Waals surface area contributed by atoms with Gasteiger partial charge in [0.05, 0.1) is 11.7 Å². The van der Waals surface area contributed by atoms with Crippen molar-refractivity contribution in [2.24, 2.45) is 5.73 Å². The molecule has 1 heterocycles. The van der Waals surface area contributed by atoms with Gasteiger partial charge in [0.25, 0.3) is 0 Å². The first-order chi connectivity index (χ1) is 6.15. The molecule has 0 bridgehead atoms. The summed E-state index contributed by atoms with van der Waals surface area (Å²) in [6.45, 7) is 5.65. The number of hydrogen-bond acceptors (Lipinski definition) is 2. The fourth-order valence-electron chi connectivity index (χ4n) is 1.11. The van der Waals surface area contributed by atoms with Crippen molar-refractivity contribution in [3.63, 3.8) is 0 Å². The van der Waals surface area contributed by atoms with Gasteiger partial charge in [-0.25, -0.2) is 0 Å². The summed E-state index contributed by atoms with van der Waals surface area (Å²) in [7, 11) is 0. The van der Waals surface area contributed by atoms with E-state index in [1.165, 1.54) is 0 Å². The molecule has 0 spiro atoms. The van der Waals surface area contributed by atoms with Gasteiger partial charge in [0.15, 0.2) is 0 Å². The minimum atomic E-state index is -0.0625. The van der Waals surface area contributed by atoms with Crippen molar-refractivity contribution in [3.8, 4) is 0 Å². The molecule has 2 nitrogen and oxygen atoms in total. The lowest BCUT2D eigenvalue weighted by Gasteiger charge is -2.10. The standard InChI is InChI=1S/C10H13BrN2/c1-3-4-9(12)10-8(11)5-7(2)6-13-10/h3,5-6,9H,1,4,12H2,2H3/t9-/m0/s1. The van der Waals surface area contributed by atoms with Crippen LogP contribution in [0, 0.1) is 6.92 Å². The number of halogens is 1. The van der Waals surface area contributed by atoms with Crippen molar-refractivity contribution in [3.05, 3.63) is 40.6 Å². The Hall–Kier alpha value is -0.670. The number of aryl methyl sites for hydroxylation is 1. The molecule has 0 aromatic carbocycles. The lowest BCUT2D eigenvalue weighted by Crippen LogP contribution is -2.11. The lowest BCUT2D eigenvalue weighted by atomic mass is 10.1. The Bertz CT molecular complexity index is 310. The lowest BCUT2D eigenvalue weighted by molar-refractivity contribution is 0.708. The third-order valence-electron chi connectivity index (χ3n) is 1.78. The molecule has 0 aliphatic heterocycles. The van der Waals surface area contributed by atoms with E-state index >= 15 is 0 Å². The summed E-state index contributed by atoms with van der Waals surface area (Å²) < 4.78 is 0.974. The van der Waals surface area contributed by atoms with E-state index in [0.717, 1.165) is 22.2 Å². The number of rotatable bonds is 3. The highest BCUT2D eigenvalue weighted by Crippen LogP contribution is 2.22. The highest BCUT2D eigenvalue weighted by Gasteiger charge is 2.09. The highest BCUT2D eigenvalue weighted by molar-refractivity contribution is 9.10. The third kappa shape index (κ3) is 2.64.